The molecular formula is C16H19FN4O2. The second-order valence-corrected chi connectivity index (χ2v) is 5.69. The standard InChI is InChI=1S/C16H19FN4O2/c1-23-15-3-2-13-16(20-15)11(12(17)7-19-13)4-5-21-8-10(6-18)14(22)9-21/h2-3,7,10H,4-6,8-9,18H2,1H3/t10-/m1/s1. The molecule has 0 aromatic carbocycles. The number of pyridine rings is 2. The van der Waals surface area contributed by atoms with E-state index in [1.54, 1.807) is 12.1 Å². The first kappa shape index (κ1) is 15.8. The third-order valence-corrected chi connectivity index (χ3v) is 4.22. The summed E-state index contributed by atoms with van der Waals surface area (Å²) in [4.78, 5) is 22.1. The first-order valence-corrected chi connectivity index (χ1v) is 7.55. The highest BCUT2D eigenvalue weighted by Gasteiger charge is 2.29. The maximum atomic E-state index is 14.2. The lowest BCUT2D eigenvalue weighted by molar-refractivity contribution is -0.119. The van der Waals surface area contributed by atoms with Gasteiger partial charge in [0.2, 0.25) is 5.88 Å². The van der Waals surface area contributed by atoms with Gasteiger partial charge in [-0.3, -0.25) is 14.7 Å². The maximum absolute atomic E-state index is 14.2. The number of halogens is 1. The fraction of sp³-hybridized carbons (Fsp3) is 0.438. The molecule has 0 radical (unpaired) electrons. The molecule has 1 fully saturated rings. The van der Waals surface area contributed by atoms with Crippen molar-refractivity contribution in [3.05, 3.63) is 29.7 Å². The van der Waals surface area contributed by atoms with Gasteiger partial charge in [0, 0.05) is 37.2 Å². The second kappa shape index (κ2) is 6.55. The van der Waals surface area contributed by atoms with Crippen LogP contribution in [-0.2, 0) is 11.2 Å². The van der Waals surface area contributed by atoms with Crippen LogP contribution in [0.3, 0.4) is 0 Å². The number of nitrogens with zero attached hydrogens (tertiary/aromatic N) is 3. The van der Waals surface area contributed by atoms with Crippen LogP contribution >= 0.6 is 0 Å². The van der Waals surface area contributed by atoms with Gasteiger partial charge >= 0.3 is 0 Å². The van der Waals surface area contributed by atoms with Crippen molar-refractivity contribution in [3.8, 4) is 5.88 Å². The van der Waals surface area contributed by atoms with Gasteiger partial charge in [-0.2, -0.15) is 0 Å². The Bertz CT molecular complexity index is 737. The number of nitrogens with two attached hydrogens (primary N) is 1. The number of fused-ring (bicyclic) bond motifs is 1. The molecule has 3 rings (SSSR count). The normalized spacial score (nSPS) is 18.7. The van der Waals surface area contributed by atoms with Crippen molar-refractivity contribution in [2.24, 2.45) is 11.7 Å². The monoisotopic (exact) mass is 318 g/mol. The van der Waals surface area contributed by atoms with Crippen molar-refractivity contribution in [2.45, 2.75) is 6.42 Å². The Morgan fingerprint density at radius 3 is 3.00 bits per heavy atom. The molecule has 0 bridgehead atoms. The first-order valence-electron chi connectivity index (χ1n) is 7.55. The average molecular weight is 318 g/mol. The van der Waals surface area contributed by atoms with Crippen molar-refractivity contribution in [1.29, 1.82) is 0 Å². The van der Waals surface area contributed by atoms with E-state index in [1.165, 1.54) is 13.3 Å². The number of aromatic nitrogens is 2. The quantitative estimate of drug-likeness (QED) is 0.877. The Morgan fingerprint density at radius 2 is 2.30 bits per heavy atom. The third-order valence-electron chi connectivity index (χ3n) is 4.22. The van der Waals surface area contributed by atoms with E-state index in [0.717, 1.165) is 0 Å². The van der Waals surface area contributed by atoms with E-state index in [4.69, 9.17) is 10.5 Å². The molecule has 0 spiro atoms. The summed E-state index contributed by atoms with van der Waals surface area (Å²) in [6, 6.07) is 3.45. The number of hydrogen-bond acceptors (Lipinski definition) is 6. The zero-order valence-electron chi connectivity index (χ0n) is 13.0. The lowest BCUT2D eigenvalue weighted by Gasteiger charge is -2.15. The summed E-state index contributed by atoms with van der Waals surface area (Å²) < 4.78 is 19.3. The van der Waals surface area contributed by atoms with Crippen LogP contribution in [0.4, 0.5) is 4.39 Å². The molecule has 122 valence electrons. The Morgan fingerprint density at radius 1 is 1.48 bits per heavy atom. The van der Waals surface area contributed by atoms with Crippen molar-refractivity contribution in [3.63, 3.8) is 0 Å². The summed E-state index contributed by atoms with van der Waals surface area (Å²) in [5.41, 5.74) is 7.21. The summed E-state index contributed by atoms with van der Waals surface area (Å²) in [5, 5.41) is 0. The molecule has 0 unspecified atom stereocenters. The predicted molar refractivity (Wildman–Crippen MR) is 83.7 cm³/mol. The number of ether oxygens (including phenoxy) is 1. The number of carbonyl (C=O) groups is 1. The Hall–Kier alpha value is -2.12. The minimum absolute atomic E-state index is 0.104. The molecule has 2 N–H and O–H groups in total. The molecule has 1 saturated heterocycles. The highest BCUT2D eigenvalue weighted by atomic mass is 19.1. The van der Waals surface area contributed by atoms with Gasteiger partial charge < -0.3 is 10.5 Å². The van der Waals surface area contributed by atoms with E-state index in [1.807, 2.05) is 4.90 Å². The molecule has 0 amide bonds. The zero-order valence-corrected chi connectivity index (χ0v) is 13.0. The lowest BCUT2D eigenvalue weighted by Crippen LogP contribution is -2.25. The van der Waals surface area contributed by atoms with Crippen LogP contribution in [-0.4, -0.2) is 53.9 Å². The van der Waals surface area contributed by atoms with Crippen LogP contribution in [0.25, 0.3) is 11.0 Å². The van der Waals surface area contributed by atoms with Crippen LogP contribution < -0.4 is 10.5 Å². The molecular weight excluding hydrogens is 299 g/mol. The van der Waals surface area contributed by atoms with Crippen LogP contribution in [0.15, 0.2) is 18.3 Å². The molecule has 2 aromatic rings. The van der Waals surface area contributed by atoms with E-state index in [0.29, 0.717) is 55.1 Å². The largest absolute Gasteiger partial charge is 0.481 e. The van der Waals surface area contributed by atoms with E-state index >= 15 is 0 Å². The van der Waals surface area contributed by atoms with Crippen molar-refractivity contribution in [1.82, 2.24) is 14.9 Å². The van der Waals surface area contributed by atoms with Crippen LogP contribution in [0.1, 0.15) is 5.56 Å². The van der Waals surface area contributed by atoms with Gasteiger partial charge in [-0.15, -0.1) is 0 Å². The smallest absolute Gasteiger partial charge is 0.213 e. The van der Waals surface area contributed by atoms with Gasteiger partial charge in [-0.1, -0.05) is 0 Å². The molecule has 2 aromatic heterocycles. The number of carbonyl (C=O) groups excluding carboxylic acids is 1. The third kappa shape index (κ3) is 3.16. The van der Waals surface area contributed by atoms with E-state index < -0.39 is 0 Å². The number of ketones is 1. The van der Waals surface area contributed by atoms with E-state index in [9.17, 15) is 9.18 Å². The Labute approximate surface area is 133 Å². The van der Waals surface area contributed by atoms with E-state index in [-0.39, 0.29) is 17.5 Å². The van der Waals surface area contributed by atoms with Crippen molar-refractivity contribution in [2.75, 3.05) is 33.3 Å². The molecule has 3 heterocycles. The predicted octanol–water partition coefficient (Wildman–Crippen LogP) is 0.780. The summed E-state index contributed by atoms with van der Waals surface area (Å²) in [6.07, 6.45) is 1.67. The van der Waals surface area contributed by atoms with Gasteiger partial charge in [0.25, 0.3) is 0 Å². The Kier molecular flexibility index (Phi) is 4.49. The number of rotatable bonds is 5. The fourth-order valence-corrected chi connectivity index (χ4v) is 2.90. The molecule has 1 aliphatic rings. The average Bonchev–Trinajstić information content (AvgIpc) is 2.93. The topological polar surface area (TPSA) is 81.3 Å². The second-order valence-electron chi connectivity index (χ2n) is 5.69. The SMILES string of the molecule is COc1ccc2ncc(F)c(CCN3CC(=O)[C@H](CN)C3)c2n1. The van der Waals surface area contributed by atoms with Crippen LogP contribution in [0, 0.1) is 11.7 Å². The van der Waals surface area contributed by atoms with Gasteiger partial charge in [0.15, 0.2) is 5.78 Å². The molecule has 0 saturated carbocycles. The fourth-order valence-electron chi connectivity index (χ4n) is 2.90. The summed E-state index contributed by atoms with van der Waals surface area (Å²) >= 11 is 0. The highest BCUT2D eigenvalue weighted by molar-refractivity contribution is 5.85. The molecule has 23 heavy (non-hydrogen) atoms. The van der Waals surface area contributed by atoms with Crippen LogP contribution in [0.5, 0.6) is 5.88 Å². The minimum Gasteiger partial charge on any atom is -0.481 e. The summed E-state index contributed by atoms with van der Waals surface area (Å²) in [6.45, 7) is 1.96. The summed E-state index contributed by atoms with van der Waals surface area (Å²) in [7, 11) is 1.52. The minimum atomic E-state index is -0.390. The Balaban J connectivity index is 1.82. The van der Waals surface area contributed by atoms with Crippen molar-refractivity contribution < 1.29 is 13.9 Å². The highest BCUT2D eigenvalue weighted by Crippen LogP contribution is 2.22. The van der Waals surface area contributed by atoms with E-state index in [2.05, 4.69) is 9.97 Å². The zero-order chi connectivity index (χ0) is 16.4. The van der Waals surface area contributed by atoms with Crippen molar-refractivity contribution >= 4 is 16.8 Å². The van der Waals surface area contributed by atoms with Gasteiger partial charge in [-0.25, -0.2) is 9.37 Å². The van der Waals surface area contributed by atoms with Gasteiger partial charge in [0.05, 0.1) is 30.9 Å². The number of hydrogen-bond donors (Lipinski definition) is 1. The van der Waals surface area contributed by atoms with Gasteiger partial charge in [-0.05, 0) is 12.5 Å². The molecule has 7 heteroatoms. The lowest BCUT2D eigenvalue weighted by atomic mass is 10.1. The molecule has 6 nitrogen and oxygen atoms in total. The maximum Gasteiger partial charge on any atom is 0.213 e. The molecule has 1 atom stereocenters. The number of methoxy groups -OCH3 is 1. The summed E-state index contributed by atoms with van der Waals surface area (Å²) in [5.74, 6) is 0.0875. The molecule has 1 aliphatic heterocycles. The molecule has 0 aliphatic carbocycles. The first-order chi connectivity index (χ1) is 11.1. The van der Waals surface area contributed by atoms with Gasteiger partial charge in [0.1, 0.15) is 5.82 Å². The number of likely N-dealkylation sites (tertiary alicyclic amines) is 1. The number of Topliss-reactive ketones (excluding diaryl/α,β-unsaturated/α-hetero) is 1. The van der Waals surface area contributed by atoms with Crippen LogP contribution in [0.2, 0.25) is 0 Å².